The number of guanidine groups is 1. The Bertz CT molecular complexity index is 518. The normalized spacial score (nSPS) is 10.3. The van der Waals surface area contributed by atoms with E-state index in [0.717, 1.165) is 18.4 Å². The summed E-state index contributed by atoms with van der Waals surface area (Å²) < 4.78 is 0. The number of aryl methyl sites for hydroxylation is 1. The lowest BCUT2D eigenvalue weighted by Gasteiger charge is -2.30. The summed E-state index contributed by atoms with van der Waals surface area (Å²) in [5, 5.41) is 8.12. The van der Waals surface area contributed by atoms with E-state index < -0.39 is 0 Å². The highest BCUT2D eigenvalue weighted by molar-refractivity contribution is 6.34. The number of rotatable bonds is 5. The highest BCUT2D eigenvalue weighted by atomic mass is 35.5. The maximum absolute atomic E-state index is 12.7. The van der Waals surface area contributed by atoms with Gasteiger partial charge in [0.2, 0.25) is 0 Å². The van der Waals surface area contributed by atoms with Crippen molar-refractivity contribution in [3.63, 3.8) is 0 Å². The van der Waals surface area contributed by atoms with Crippen molar-refractivity contribution in [2.45, 2.75) is 33.6 Å². The first-order chi connectivity index (χ1) is 9.97. The Morgan fingerprint density at radius 2 is 2.00 bits per heavy atom. The van der Waals surface area contributed by atoms with E-state index in [1.54, 1.807) is 11.0 Å². The van der Waals surface area contributed by atoms with Crippen molar-refractivity contribution in [3.8, 4) is 0 Å². The third-order valence-corrected chi connectivity index (χ3v) is 3.54. The third-order valence-electron chi connectivity index (χ3n) is 3.24. The molecule has 0 saturated carbocycles. The lowest BCUT2D eigenvalue weighted by Crippen LogP contribution is -2.49. The molecule has 6 heteroatoms. The molecule has 0 atom stereocenters. The first-order valence-electron chi connectivity index (χ1n) is 7.18. The number of para-hydroxylation sites is 1. The molecule has 0 saturated heterocycles. The van der Waals surface area contributed by atoms with E-state index in [-0.39, 0.29) is 12.0 Å². The standard InChI is InChI=1S/C15H23ClN4O/c1-4-10-20(14(17)18)15(21)19(6-3)13-11(5-2)8-7-9-12(13)16/h7-9H,4-6,10H2,1-3H3,(H3,17,18). The highest BCUT2D eigenvalue weighted by Gasteiger charge is 2.25. The van der Waals surface area contributed by atoms with Crippen LogP contribution in [0.5, 0.6) is 0 Å². The van der Waals surface area contributed by atoms with Crippen molar-refractivity contribution < 1.29 is 4.79 Å². The van der Waals surface area contributed by atoms with Gasteiger partial charge in [-0.05, 0) is 31.4 Å². The molecule has 0 fully saturated rings. The van der Waals surface area contributed by atoms with Crippen LogP contribution in [0.4, 0.5) is 10.5 Å². The van der Waals surface area contributed by atoms with Crippen LogP contribution in [0.3, 0.4) is 0 Å². The van der Waals surface area contributed by atoms with Gasteiger partial charge < -0.3 is 5.73 Å². The van der Waals surface area contributed by atoms with Crippen LogP contribution in [0, 0.1) is 5.41 Å². The summed E-state index contributed by atoms with van der Waals surface area (Å²) in [6, 6.07) is 5.28. The number of carbonyl (C=O) groups excluding carboxylic acids is 1. The number of benzene rings is 1. The number of anilines is 1. The molecule has 0 aliphatic heterocycles. The van der Waals surface area contributed by atoms with E-state index in [1.807, 2.05) is 32.9 Å². The van der Waals surface area contributed by atoms with E-state index >= 15 is 0 Å². The van der Waals surface area contributed by atoms with Gasteiger partial charge >= 0.3 is 6.03 Å². The molecule has 5 nitrogen and oxygen atoms in total. The molecule has 21 heavy (non-hydrogen) atoms. The Morgan fingerprint density at radius 1 is 1.33 bits per heavy atom. The van der Waals surface area contributed by atoms with Gasteiger partial charge in [0.25, 0.3) is 0 Å². The zero-order chi connectivity index (χ0) is 16.0. The number of carbonyl (C=O) groups is 1. The summed E-state index contributed by atoms with van der Waals surface area (Å²) in [5.41, 5.74) is 7.23. The van der Waals surface area contributed by atoms with E-state index in [0.29, 0.717) is 23.8 Å². The quantitative estimate of drug-likeness (QED) is 0.645. The number of nitrogens with two attached hydrogens (primary N) is 1. The van der Waals surface area contributed by atoms with Crippen LogP contribution in [-0.2, 0) is 6.42 Å². The van der Waals surface area contributed by atoms with Crippen molar-refractivity contribution >= 4 is 29.3 Å². The van der Waals surface area contributed by atoms with Gasteiger partial charge in [0.15, 0.2) is 5.96 Å². The van der Waals surface area contributed by atoms with E-state index in [4.69, 9.17) is 22.7 Å². The summed E-state index contributed by atoms with van der Waals surface area (Å²) in [7, 11) is 0. The van der Waals surface area contributed by atoms with Gasteiger partial charge in [0.05, 0.1) is 10.7 Å². The largest absolute Gasteiger partial charge is 0.370 e. The molecule has 0 heterocycles. The van der Waals surface area contributed by atoms with Crippen molar-refractivity contribution in [1.82, 2.24) is 4.90 Å². The van der Waals surface area contributed by atoms with Crippen molar-refractivity contribution in [1.29, 1.82) is 5.41 Å². The van der Waals surface area contributed by atoms with Crippen LogP contribution in [0.1, 0.15) is 32.8 Å². The van der Waals surface area contributed by atoms with Gasteiger partial charge in [0.1, 0.15) is 0 Å². The minimum Gasteiger partial charge on any atom is -0.370 e. The van der Waals surface area contributed by atoms with Crippen LogP contribution >= 0.6 is 11.6 Å². The molecule has 2 amide bonds. The average Bonchev–Trinajstić information content (AvgIpc) is 2.46. The Kier molecular flexibility index (Phi) is 6.49. The second-order valence-corrected chi connectivity index (χ2v) is 5.07. The van der Waals surface area contributed by atoms with Gasteiger partial charge in [-0.25, -0.2) is 4.79 Å². The molecule has 0 spiro atoms. The average molecular weight is 311 g/mol. The summed E-state index contributed by atoms with van der Waals surface area (Å²) in [6.45, 7) is 6.71. The zero-order valence-corrected chi connectivity index (χ0v) is 13.6. The maximum atomic E-state index is 12.7. The predicted octanol–water partition coefficient (Wildman–Crippen LogP) is 3.45. The molecule has 116 valence electrons. The molecular formula is C15H23ClN4O. The molecule has 0 aromatic heterocycles. The van der Waals surface area contributed by atoms with Crippen LogP contribution < -0.4 is 10.6 Å². The Hall–Kier alpha value is -1.75. The van der Waals surface area contributed by atoms with Crippen LogP contribution in [0.2, 0.25) is 5.02 Å². The second-order valence-electron chi connectivity index (χ2n) is 4.66. The Labute approximate surface area is 131 Å². The van der Waals surface area contributed by atoms with Gasteiger partial charge in [-0.1, -0.05) is 37.6 Å². The summed E-state index contributed by atoms with van der Waals surface area (Å²) in [6.07, 6.45) is 1.50. The maximum Gasteiger partial charge on any atom is 0.331 e. The van der Waals surface area contributed by atoms with E-state index in [2.05, 4.69) is 0 Å². The summed E-state index contributed by atoms with van der Waals surface area (Å²) in [5.74, 6) is -0.245. The number of urea groups is 1. The van der Waals surface area contributed by atoms with E-state index in [1.165, 1.54) is 4.90 Å². The van der Waals surface area contributed by atoms with Crippen LogP contribution in [0.15, 0.2) is 18.2 Å². The number of amides is 2. The fraction of sp³-hybridized carbons (Fsp3) is 0.467. The number of hydrogen-bond donors (Lipinski definition) is 2. The van der Waals surface area contributed by atoms with Crippen LogP contribution in [0.25, 0.3) is 0 Å². The molecule has 0 bridgehead atoms. The molecular weight excluding hydrogens is 288 g/mol. The number of halogens is 1. The van der Waals surface area contributed by atoms with Gasteiger partial charge in [0, 0.05) is 13.1 Å². The van der Waals surface area contributed by atoms with Gasteiger partial charge in [-0.15, -0.1) is 0 Å². The van der Waals surface area contributed by atoms with Gasteiger partial charge in [-0.3, -0.25) is 15.2 Å². The fourth-order valence-electron chi connectivity index (χ4n) is 2.23. The topological polar surface area (TPSA) is 73.4 Å². The lowest BCUT2D eigenvalue weighted by atomic mass is 10.1. The third kappa shape index (κ3) is 3.88. The molecule has 0 aliphatic carbocycles. The predicted molar refractivity (Wildman–Crippen MR) is 88.2 cm³/mol. The van der Waals surface area contributed by atoms with Crippen LogP contribution in [-0.4, -0.2) is 30.0 Å². The highest BCUT2D eigenvalue weighted by Crippen LogP contribution is 2.31. The summed E-state index contributed by atoms with van der Waals surface area (Å²) >= 11 is 6.29. The first-order valence-corrected chi connectivity index (χ1v) is 7.56. The molecule has 1 aromatic carbocycles. The summed E-state index contributed by atoms with van der Waals surface area (Å²) in [4.78, 5) is 15.6. The number of nitrogens with zero attached hydrogens (tertiary/aromatic N) is 2. The Morgan fingerprint density at radius 3 is 2.48 bits per heavy atom. The van der Waals surface area contributed by atoms with E-state index in [9.17, 15) is 4.79 Å². The monoisotopic (exact) mass is 310 g/mol. The van der Waals surface area contributed by atoms with Crippen molar-refractivity contribution in [3.05, 3.63) is 28.8 Å². The molecule has 1 aromatic rings. The molecule has 0 radical (unpaired) electrons. The smallest absolute Gasteiger partial charge is 0.331 e. The first kappa shape index (κ1) is 17.3. The minimum atomic E-state index is -0.311. The van der Waals surface area contributed by atoms with Crippen molar-refractivity contribution in [2.75, 3.05) is 18.0 Å². The van der Waals surface area contributed by atoms with Crippen molar-refractivity contribution in [2.24, 2.45) is 5.73 Å². The molecule has 1 rings (SSSR count). The zero-order valence-electron chi connectivity index (χ0n) is 12.8. The molecule has 0 aliphatic rings. The SMILES string of the molecule is CCCN(C(=N)N)C(=O)N(CC)c1c(Cl)cccc1CC. The van der Waals surface area contributed by atoms with Gasteiger partial charge in [-0.2, -0.15) is 0 Å². The fourth-order valence-corrected chi connectivity index (χ4v) is 2.52. The Balaban J connectivity index is 3.24. The number of hydrogen-bond acceptors (Lipinski definition) is 2. The molecule has 0 unspecified atom stereocenters. The molecule has 3 N–H and O–H groups in total. The lowest BCUT2D eigenvalue weighted by molar-refractivity contribution is 0.226. The second kappa shape index (κ2) is 7.88. The number of nitrogens with one attached hydrogen (secondary N) is 1. The minimum absolute atomic E-state index is 0.245.